The lowest BCUT2D eigenvalue weighted by Crippen LogP contribution is -2.53. The minimum Gasteiger partial charge on any atom is -0.315 e. The predicted octanol–water partition coefficient (Wildman–Crippen LogP) is 2.03. The fourth-order valence-corrected chi connectivity index (χ4v) is 3.47. The van der Waals surface area contributed by atoms with Crippen LogP contribution in [0, 0.1) is 0 Å². The van der Waals surface area contributed by atoms with Gasteiger partial charge in [-0.25, -0.2) is 4.79 Å². The Bertz CT molecular complexity index is 684. The zero-order valence-electron chi connectivity index (χ0n) is 14.2. The van der Waals surface area contributed by atoms with Crippen molar-refractivity contribution in [3.8, 4) is 0 Å². The number of carbonyl (C=O) groups excluding carboxylic acids is 3. The monoisotopic (exact) mass is 329 g/mol. The molecule has 0 spiro atoms. The van der Waals surface area contributed by atoms with E-state index < -0.39 is 6.03 Å². The van der Waals surface area contributed by atoms with E-state index in [1.54, 1.807) is 4.90 Å². The molecule has 2 aliphatic rings. The van der Waals surface area contributed by atoms with Crippen molar-refractivity contribution in [3.63, 3.8) is 0 Å². The third-order valence-corrected chi connectivity index (χ3v) is 4.88. The first-order chi connectivity index (χ1) is 11.4. The Kier molecular flexibility index (Phi) is 4.30. The van der Waals surface area contributed by atoms with Crippen LogP contribution in [-0.4, -0.2) is 42.4 Å². The maximum absolute atomic E-state index is 12.8. The first-order valence-electron chi connectivity index (χ1n) is 8.37. The minimum absolute atomic E-state index is 0.00608. The molecule has 3 rings (SSSR count). The van der Waals surface area contributed by atoms with Crippen LogP contribution in [0.15, 0.2) is 24.3 Å². The lowest BCUT2D eigenvalue weighted by molar-refractivity contribution is -0.124. The number of amides is 4. The second kappa shape index (κ2) is 6.26. The van der Waals surface area contributed by atoms with Gasteiger partial charge in [0.15, 0.2) is 0 Å². The molecule has 0 bridgehead atoms. The zero-order valence-corrected chi connectivity index (χ0v) is 14.2. The summed E-state index contributed by atoms with van der Waals surface area (Å²) in [7, 11) is 0. The zero-order chi connectivity index (χ0) is 17.3. The highest BCUT2D eigenvalue weighted by Crippen LogP contribution is 2.38. The highest BCUT2D eigenvalue weighted by Gasteiger charge is 2.32. The predicted molar refractivity (Wildman–Crippen MR) is 90.8 cm³/mol. The van der Waals surface area contributed by atoms with Gasteiger partial charge in [-0.1, -0.05) is 32.0 Å². The summed E-state index contributed by atoms with van der Waals surface area (Å²) in [6, 6.07) is 7.50. The van der Waals surface area contributed by atoms with Crippen LogP contribution < -0.4 is 10.2 Å². The molecule has 0 saturated carbocycles. The van der Waals surface area contributed by atoms with E-state index in [-0.39, 0.29) is 36.7 Å². The topological polar surface area (TPSA) is 69.7 Å². The molecule has 1 aromatic rings. The highest BCUT2D eigenvalue weighted by atomic mass is 16.2. The Labute approximate surface area is 141 Å². The lowest BCUT2D eigenvalue weighted by Gasteiger charge is -2.30. The molecule has 0 atom stereocenters. The Morgan fingerprint density at radius 3 is 2.71 bits per heavy atom. The molecule has 0 aliphatic carbocycles. The van der Waals surface area contributed by atoms with Crippen molar-refractivity contribution < 1.29 is 14.4 Å². The molecule has 4 amide bonds. The maximum Gasteiger partial charge on any atom is 0.324 e. The molecule has 1 fully saturated rings. The van der Waals surface area contributed by atoms with Gasteiger partial charge in [0.1, 0.15) is 6.54 Å². The summed E-state index contributed by atoms with van der Waals surface area (Å²) in [6.07, 6.45) is 2.16. The third-order valence-electron chi connectivity index (χ3n) is 4.88. The molecule has 6 heteroatoms. The normalized spacial score (nSPS) is 20.2. The number of para-hydroxylation sites is 1. The van der Waals surface area contributed by atoms with E-state index in [4.69, 9.17) is 0 Å². The summed E-state index contributed by atoms with van der Waals surface area (Å²) in [6.45, 7) is 5.33. The number of hydrogen-bond donors (Lipinski definition) is 1. The fourth-order valence-electron chi connectivity index (χ4n) is 3.47. The van der Waals surface area contributed by atoms with Gasteiger partial charge in [-0.2, -0.15) is 0 Å². The van der Waals surface area contributed by atoms with E-state index in [0.29, 0.717) is 6.54 Å². The van der Waals surface area contributed by atoms with Crippen LogP contribution in [0.3, 0.4) is 0 Å². The van der Waals surface area contributed by atoms with E-state index >= 15 is 0 Å². The molecular formula is C18H23N3O3. The van der Waals surface area contributed by atoms with Gasteiger partial charge in [-0.05, 0) is 29.9 Å². The van der Waals surface area contributed by atoms with Crippen LogP contribution in [0.4, 0.5) is 10.5 Å². The van der Waals surface area contributed by atoms with Crippen LogP contribution in [-0.2, 0) is 15.0 Å². The summed E-state index contributed by atoms with van der Waals surface area (Å²) >= 11 is 0. The first-order valence-corrected chi connectivity index (χ1v) is 8.37. The molecule has 128 valence electrons. The number of nitrogens with zero attached hydrogens (tertiary/aromatic N) is 2. The molecule has 0 aromatic heterocycles. The van der Waals surface area contributed by atoms with Crippen LogP contribution >= 0.6 is 0 Å². The Balaban J connectivity index is 1.82. The molecule has 2 aliphatic heterocycles. The number of benzene rings is 1. The summed E-state index contributed by atoms with van der Waals surface area (Å²) in [5.41, 5.74) is 2.10. The molecule has 1 N–H and O–H groups in total. The third kappa shape index (κ3) is 3.13. The number of hydrogen-bond acceptors (Lipinski definition) is 3. The number of carbonyl (C=O) groups is 3. The average molecular weight is 329 g/mol. The smallest absolute Gasteiger partial charge is 0.315 e. The van der Waals surface area contributed by atoms with Crippen molar-refractivity contribution in [3.05, 3.63) is 29.8 Å². The molecule has 0 unspecified atom stereocenters. The van der Waals surface area contributed by atoms with Crippen molar-refractivity contribution in [1.29, 1.82) is 0 Å². The van der Waals surface area contributed by atoms with E-state index in [9.17, 15) is 14.4 Å². The maximum atomic E-state index is 12.8. The number of fused-ring (bicyclic) bond motifs is 1. The van der Waals surface area contributed by atoms with Gasteiger partial charge >= 0.3 is 6.03 Å². The first kappa shape index (κ1) is 16.5. The average Bonchev–Trinajstić information content (AvgIpc) is 2.67. The van der Waals surface area contributed by atoms with Gasteiger partial charge in [0.05, 0.1) is 0 Å². The molecule has 0 radical (unpaired) electrons. The molecule has 24 heavy (non-hydrogen) atoms. The number of anilines is 1. The van der Waals surface area contributed by atoms with E-state index in [0.717, 1.165) is 24.1 Å². The Morgan fingerprint density at radius 1 is 1.21 bits per heavy atom. The van der Waals surface area contributed by atoms with E-state index in [2.05, 4.69) is 25.2 Å². The van der Waals surface area contributed by atoms with Gasteiger partial charge in [0.25, 0.3) is 0 Å². The quantitative estimate of drug-likeness (QED) is 0.902. The summed E-state index contributed by atoms with van der Waals surface area (Å²) in [4.78, 5) is 39.1. The Morgan fingerprint density at radius 2 is 1.96 bits per heavy atom. The van der Waals surface area contributed by atoms with Gasteiger partial charge in [0.2, 0.25) is 11.8 Å². The standard InChI is InChI=1S/C18H23N3O3/c1-18(2)9-5-10-21(14-7-4-3-6-13(14)18)16(23)12-20-11-8-15(22)19-17(20)24/h3-4,6-7H,5,8-12H2,1-2H3,(H,19,22,24). The van der Waals surface area contributed by atoms with Gasteiger partial charge < -0.3 is 9.80 Å². The van der Waals surface area contributed by atoms with Crippen molar-refractivity contribution in [2.24, 2.45) is 0 Å². The van der Waals surface area contributed by atoms with E-state index in [1.807, 2.05) is 18.2 Å². The summed E-state index contributed by atoms with van der Waals surface area (Å²) in [5, 5.41) is 2.26. The van der Waals surface area contributed by atoms with Crippen LogP contribution in [0.5, 0.6) is 0 Å². The number of nitrogens with one attached hydrogen (secondary N) is 1. The van der Waals surface area contributed by atoms with Crippen molar-refractivity contribution >= 4 is 23.5 Å². The molecule has 1 aromatic carbocycles. The van der Waals surface area contributed by atoms with Crippen LogP contribution in [0.25, 0.3) is 0 Å². The van der Waals surface area contributed by atoms with Crippen molar-refractivity contribution in [1.82, 2.24) is 10.2 Å². The Hall–Kier alpha value is -2.37. The molecule has 1 saturated heterocycles. The van der Waals surface area contributed by atoms with Gasteiger partial charge in [0, 0.05) is 25.2 Å². The molecular weight excluding hydrogens is 306 g/mol. The van der Waals surface area contributed by atoms with E-state index in [1.165, 1.54) is 4.90 Å². The minimum atomic E-state index is -0.483. The second-order valence-corrected chi connectivity index (χ2v) is 7.07. The van der Waals surface area contributed by atoms with Crippen molar-refractivity contribution in [2.45, 2.75) is 38.5 Å². The fraction of sp³-hybridized carbons (Fsp3) is 0.500. The summed E-state index contributed by atoms with van der Waals surface area (Å²) in [5.74, 6) is -0.393. The summed E-state index contributed by atoms with van der Waals surface area (Å²) < 4.78 is 0. The molecule has 2 heterocycles. The van der Waals surface area contributed by atoms with Gasteiger partial charge in [-0.15, -0.1) is 0 Å². The number of rotatable bonds is 2. The lowest BCUT2D eigenvalue weighted by atomic mass is 9.80. The van der Waals surface area contributed by atoms with Crippen LogP contribution in [0.1, 0.15) is 38.7 Å². The largest absolute Gasteiger partial charge is 0.324 e. The SMILES string of the molecule is CC1(C)CCCN(C(=O)CN2CCC(=O)NC2=O)c2ccccc21. The number of urea groups is 1. The second-order valence-electron chi connectivity index (χ2n) is 7.07. The number of imide groups is 1. The highest BCUT2D eigenvalue weighted by molar-refractivity contribution is 6.01. The van der Waals surface area contributed by atoms with Crippen LogP contribution in [0.2, 0.25) is 0 Å². The van der Waals surface area contributed by atoms with Gasteiger partial charge in [-0.3, -0.25) is 14.9 Å². The molecule has 6 nitrogen and oxygen atoms in total. The van der Waals surface area contributed by atoms with Crippen molar-refractivity contribution in [2.75, 3.05) is 24.5 Å².